The van der Waals surface area contributed by atoms with E-state index in [4.69, 9.17) is 14.5 Å². The van der Waals surface area contributed by atoms with Crippen LogP contribution in [0.25, 0.3) is 10.2 Å². The third-order valence-corrected chi connectivity index (χ3v) is 7.25. The summed E-state index contributed by atoms with van der Waals surface area (Å²) in [6.07, 6.45) is 0. The van der Waals surface area contributed by atoms with E-state index in [1.54, 1.807) is 19.1 Å². The molecule has 0 atom stereocenters. The third kappa shape index (κ3) is 5.45. The lowest BCUT2D eigenvalue weighted by Gasteiger charge is -2.25. The molecule has 0 aliphatic heterocycles. The van der Waals surface area contributed by atoms with Gasteiger partial charge in [-0.1, -0.05) is 25.2 Å². The number of methoxy groups -OCH3 is 2. The van der Waals surface area contributed by atoms with Gasteiger partial charge in [0.15, 0.2) is 5.13 Å². The Morgan fingerprint density at radius 1 is 0.853 bits per heavy atom. The predicted molar refractivity (Wildman–Crippen MR) is 142 cm³/mol. The van der Waals surface area contributed by atoms with Crippen molar-refractivity contribution in [2.45, 2.75) is 27.7 Å². The number of carbonyl (C=O) groups excluding carboxylic acids is 1. The predicted octanol–water partition coefficient (Wildman–Crippen LogP) is 5.15. The van der Waals surface area contributed by atoms with Gasteiger partial charge in [-0.05, 0) is 63.3 Å². The van der Waals surface area contributed by atoms with Crippen LogP contribution in [0.4, 0.5) is 10.8 Å². The van der Waals surface area contributed by atoms with Crippen molar-refractivity contribution in [2.24, 2.45) is 0 Å². The second-order valence-electron chi connectivity index (χ2n) is 7.85. The van der Waals surface area contributed by atoms with Crippen LogP contribution >= 0.6 is 11.3 Å². The summed E-state index contributed by atoms with van der Waals surface area (Å²) in [6.45, 7) is 13.6. The fourth-order valence-corrected chi connectivity index (χ4v) is 5.11. The highest BCUT2D eigenvalue weighted by atomic mass is 32.1. The van der Waals surface area contributed by atoms with Gasteiger partial charge in [0, 0.05) is 37.4 Å². The number of amides is 1. The molecule has 0 bridgehead atoms. The molecular formula is C26H36N4O3S. The Kier molecular flexibility index (Phi) is 9.12. The highest BCUT2D eigenvalue weighted by molar-refractivity contribution is 7.22. The van der Waals surface area contributed by atoms with Crippen molar-refractivity contribution in [2.75, 3.05) is 63.3 Å². The Morgan fingerprint density at radius 3 is 2.03 bits per heavy atom. The highest BCUT2D eigenvalue weighted by Gasteiger charge is 2.24. The topological polar surface area (TPSA) is 58.1 Å². The van der Waals surface area contributed by atoms with E-state index in [0.717, 1.165) is 48.9 Å². The normalized spacial score (nSPS) is 11.1. The lowest BCUT2D eigenvalue weighted by molar-refractivity contribution is 0.0984. The smallest absolute Gasteiger partial charge is 0.260 e. The van der Waals surface area contributed by atoms with E-state index in [1.165, 1.54) is 11.3 Å². The second kappa shape index (κ2) is 12.0. The van der Waals surface area contributed by atoms with Crippen molar-refractivity contribution >= 4 is 38.3 Å². The van der Waals surface area contributed by atoms with Gasteiger partial charge < -0.3 is 19.3 Å². The Bertz CT molecular complexity index is 1030. The number of aromatic nitrogens is 1. The fraction of sp³-hybridized carbons (Fsp3) is 0.462. The zero-order valence-corrected chi connectivity index (χ0v) is 21.9. The van der Waals surface area contributed by atoms with Crippen LogP contribution in [0.1, 0.15) is 38.1 Å². The van der Waals surface area contributed by atoms with Crippen LogP contribution in [0.15, 0.2) is 36.4 Å². The molecule has 0 aliphatic carbocycles. The summed E-state index contributed by atoms with van der Waals surface area (Å²) < 4.78 is 12.0. The molecule has 3 rings (SSSR count). The third-order valence-electron chi connectivity index (χ3n) is 6.15. The maximum Gasteiger partial charge on any atom is 0.260 e. The van der Waals surface area contributed by atoms with E-state index in [1.807, 2.05) is 36.4 Å². The number of ether oxygens (including phenoxy) is 2. The number of nitrogens with zero attached hydrogens (tertiary/aromatic N) is 4. The van der Waals surface area contributed by atoms with Gasteiger partial charge in [-0.3, -0.25) is 9.69 Å². The minimum absolute atomic E-state index is 0.0600. The maximum absolute atomic E-state index is 13.7. The average Bonchev–Trinajstić information content (AvgIpc) is 3.32. The SMILES string of the molecule is CCN(CC)CCN(C(=O)c1ccc(N(CC)CC)cc1)c1nc2c(OC)ccc(OC)c2s1. The van der Waals surface area contributed by atoms with E-state index in [2.05, 4.69) is 37.5 Å². The van der Waals surface area contributed by atoms with Crippen LogP contribution in [0.5, 0.6) is 11.5 Å². The van der Waals surface area contributed by atoms with Gasteiger partial charge in [0.05, 0.1) is 14.2 Å². The molecule has 3 aromatic rings. The average molecular weight is 485 g/mol. The number of thiazole rings is 1. The zero-order chi connectivity index (χ0) is 24.7. The summed E-state index contributed by atoms with van der Waals surface area (Å²) in [7, 11) is 3.27. The standard InChI is InChI=1S/C26H36N4O3S/c1-7-28(8-2)17-18-30(25(31)19-11-13-20(14-12-19)29(9-3)10-4)26-27-23-21(32-5)15-16-22(33-6)24(23)34-26/h11-16H,7-10,17-18H2,1-6H3. The molecule has 0 aliphatic rings. The Morgan fingerprint density at radius 2 is 1.47 bits per heavy atom. The molecule has 0 fully saturated rings. The van der Waals surface area contributed by atoms with Crippen LogP contribution in [-0.2, 0) is 0 Å². The van der Waals surface area contributed by atoms with E-state index in [9.17, 15) is 4.79 Å². The first-order valence-corrected chi connectivity index (χ1v) is 12.7. The number of likely N-dealkylation sites (N-methyl/N-ethyl adjacent to an activating group) is 1. The van der Waals surface area contributed by atoms with Crippen molar-refractivity contribution < 1.29 is 14.3 Å². The molecule has 8 heteroatoms. The van der Waals surface area contributed by atoms with E-state index in [-0.39, 0.29) is 5.91 Å². The molecule has 0 saturated carbocycles. The van der Waals surface area contributed by atoms with Crippen molar-refractivity contribution in [3.8, 4) is 11.5 Å². The van der Waals surface area contributed by atoms with Crippen molar-refractivity contribution in [3.05, 3.63) is 42.0 Å². The molecule has 0 saturated heterocycles. The van der Waals surface area contributed by atoms with Gasteiger partial charge in [0.1, 0.15) is 21.7 Å². The van der Waals surface area contributed by atoms with E-state index >= 15 is 0 Å². The fourth-order valence-electron chi connectivity index (χ4n) is 4.01. The Labute approximate surface area is 206 Å². The van der Waals surface area contributed by atoms with Gasteiger partial charge in [-0.15, -0.1) is 0 Å². The Balaban J connectivity index is 2.01. The van der Waals surface area contributed by atoms with Gasteiger partial charge in [-0.25, -0.2) is 4.98 Å². The largest absolute Gasteiger partial charge is 0.495 e. The molecular weight excluding hydrogens is 448 g/mol. The van der Waals surface area contributed by atoms with Crippen LogP contribution in [0, 0.1) is 0 Å². The van der Waals surface area contributed by atoms with E-state index < -0.39 is 0 Å². The lowest BCUT2D eigenvalue weighted by atomic mass is 10.1. The lowest BCUT2D eigenvalue weighted by Crippen LogP contribution is -2.38. The monoisotopic (exact) mass is 484 g/mol. The molecule has 184 valence electrons. The summed E-state index contributed by atoms with van der Waals surface area (Å²) in [5.41, 5.74) is 2.47. The number of anilines is 2. The van der Waals surface area contributed by atoms with Gasteiger partial charge in [-0.2, -0.15) is 0 Å². The number of hydrogen-bond donors (Lipinski definition) is 0. The van der Waals surface area contributed by atoms with Crippen molar-refractivity contribution in [3.63, 3.8) is 0 Å². The second-order valence-corrected chi connectivity index (χ2v) is 8.82. The van der Waals surface area contributed by atoms with Crippen LogP contribution in [-0.4, -0.2) is 69.3 Å². The minimum Gasteiger partial charge on any atom is -0.495 e. The summed E-state index contributed by atoms with van der Waals surface area (Å²) in [6, 6.07) is 11.6. The quantitative estimate of drug-likeness (QED) is 0.354. The maximum atomic E-state index is 13.7. The molecule has 1 aromatic heterocycles. The van der Waals surface area contributed by atoms with Crippen molar-refractivity contribution in [1.29, 1.82) is 0 Å². The zero-order valence-electron chi connectivity index (χ0n) is 21.1. The Hall–Kier alpha value is -2.84. The van der Waals surface area contributed by atoms with E-state index in [0.29, 0.717) is 28.5 Å². The first-order chi connectivity index (χ1) is 16.5. The summed E-state index contributed by atoms with van der Waals surface area (Å²) in [5.74, 6) is 1.33. The van der Waals surface area contributed by atoms with Crippen molar-refractivity contribution in [1.82, 2.24) is 9.88 Å². The number of benzene rings is 2. The van der Waals surface area contributed by atoms with Crippen LogP contribution < -0.4 is 19.3 Å². The first-order valence-electron chi connectivity index (χ1n) is 11.9. The van der Waals surface area contributed by atoms with Gasteiger partial charge >= 0.3 is 0 Å². The summed E-state index contributed by atoms with van der Waals surface area (Å²) >= 11 is 1.45. The minimum atomic E-state index is -0.0600. The molecule has 34 heavy (non-hydrogen) atoms. The number of rotatable bonds is 12. The van der Waals surface area contributed by atoms with Gasteiger partial charge in [0.25, 0.3) is 5.91 Å². The summed E-state index contributed by atoms with van der Waals surface area (Å²) in [4.78, 5) is 24.9. The molecule has 1 heterocycles. The highest BCUT2D eigenvalue weighted by Crippen LogP contribution is 2.40. The molecule has 0 unspecified atom stereocenters. The number of hydrogen-bond acceptors (Lipinski definition) is 7. The first kappa shape index (κ1) is 25.8. The molecule has 0 N–H and O–H groups in total. The molecule has 2 aromatic carbocycles. The van der Waals surface area contributed by atoms with Gasteiger partial charge in [0.2, 0.25) is 0 Å². The molecule has 0 spiro atoms. The number of carbonyl (C=O) groups is 1. The molecule has 7 nitrogen and oxygen atoms in total. The summed E-state index contributed by atoms with van der Waals surface area (Å²) in [5, 5.41) is 0.641. The number of fused-ring (bicyclic) bond motifs is 1. The van der Waals surface area contributed by atoms with Crippen LogP contribution in [0.3, 0.4) is 0 Å². The van der Waals surface area contributed by atoms with Crippen LogP contribution in [0.2, 0.25) is 0 Å². The molecule has 0 radical (unpaired) electrons. The molecule has 1 amide bonds.